The first-order valence-corrected chi connectivity index (χ1v) is 5.80. The minimum absolute atomic E-state index is 0. The Bertz CT molecular complexity index is 390. The molecular weight excluding hydrogens is 196 g/mol. The van der Waals surface area contributed by atoms with Gasteiger partial charge in [-0.05, 0) is 35.0 Å². The van der Waals surface area contributed by atoms with Crippen LogP contribution in [0, 0.1) is 0 Å². The zero-order valence-electron chi connectivity index (χ0n) is 10.6. The molecule has 4 N–H and O–H groups in total. The monoisotopic (exact) mass is 222 g/mol. The minimum Gasteiger partial charge on any atom is -0.399 e. The van der Waals surface area contributed by atoms with Crippen LogP contribution in [-0.4, -0.2) is 0 Å². The fourth-order valence-electron chi connectivity index (χ4n) is 1.28. The molecule has 0 saturated carbocycles. The Morgan fingerprint density at radius 3 is 1.31 bits per heavy atom. The van der Waals surface area contributed by atoms with Gasteiger partial charge in [0, 0.05) is 14.2 Å². The first-order chi connectivity index (χ1) is 7.75. The van der Waals surface area contributed by atoms with Crippen molar-refractivity contribution in [2.45, 2.75) is 27.7 Å². The number of fused-ring (bicyclic) bond motifs is 1. The fraction of sp³-hybridized carbons (Fsp3) is 0.286. The first-order valence-electron chi connectivity index (χ1n) is 5.80. The van der Waals surface area contributed by atoms with Crippen LogP contribution in [0.5, 0.6) is 0 Å². The molecule has 92 valence electrons. The summed E-state index contributed by atoms with van der Waals surface area (Å²) >= 11 is 0. The summed E-state index contributed by atoms with van der Waals surface area (Å²) in [5, 5.41) is 2.26. The molecule has 0 aliphatic carbocycles. The molecule has 2 aromatic rings. The molecule has 0 aromatic heterocycles. The van der Waals surface area contributed by atoms with Gasteiger partial charge >= 0.3 is 0 Å². The highest BCUT2D eigenvalue weighted by atomic mass is 14.5. The standard InChI is InChI=1S/C10H10N2.2C2H6.2H2/c11-9-3-1-7-5-10(12)4-2-8(7)6-9;2*1-2;;/h1-6H,11-12H2;2*1-2H3;2*1H. The molecule has 0 heterocycles. The van der Waals surface area contributed by atoms with Gasteiger partial charge in [-0.2, -0.15) is 0 Å². The fourth-order valence-corrected chi connectivity index (χ4v) is 1.28. The summed E-state index contributed by atoms with van der Waals surface area (Å²) in [5.74, 6) is 0. The topological polar surface area (TPSA) is 52.0 Å². The van der Waals surface area contributed by atoms with Crippen LogP contribution >= 0.6 is 0 Å². The van der Waals surface area contributed by atoms with Gasteiger partial charge in [0.2, 0.25) is 0 Å². The van der Waals surface area contributed by atoms with Gasteiger partial charge in [0.25, 0.3) is 0 Å². The smallest absolute Gasteiger partial charge is 0.0320 e. The van der Waals surface area contributed by atoms with Gasteiger partial charge in [-0.25, -0.2) is 0 Å². The molecule has 0 spiro atoms. The van der Waals surface area contributed by atoms with Crippen molar-refractivity contribution in [1.82, 2.24) is 0 Å². The largest absolute Gasteiger partial charge is 0.399 e. The third kappa shape index (κ3) is 3.81. The highest BCUT2D eigenvalue weighted by Gasteiger charge is 1.93. The van der Waals surface area contributed by atoms with Crippen molar-refractivity contribution in [2.75, 3.05) is 11.5 Å². The van der Waals surface area contributed by atoms with Crippen molar-refractivity contribution < 1.29 is 2.85 Å². The van der Waals surface area contributed by atoms with Crippen molar-refractivity contribution in [3.05, 3.63) is 36.4 Å². The molecule has 0 unspecified atom stereocenters. The van der Waals surface area contributed by atoms with Gasteiger partial charge in [-0.1, -0.05) is 39.8 Å². The summed E-state index contributed by atoms with van der Waals surface area (Å²) in [6.45, 7) is 8.00. The van der Waals surface area contributed by atoms with Crippen LogP contribution in [0.4, 0.5) is 11.4 Å². The number of nitrogens with two attached hydrogens (primary N) is 2. The number of anilines is 2. The van der Waals surface area contributed by atoms with Crippen LogP contribution in [0.2, 0.25) is 0 Å². The molecule has 0 aliphatic rings. The van der Waals surface area contributed by atoms with Crippen molar-refractivity contribution in [3.63, 3.8) is 0 Å². The molecule has 0 fully saturated rings. The van der Waals surface area contributed by atoms with Gasteiger partial charge in [0.15, 0.2) is 0 Å². The molecule has 2 heteroatoms. The summed E-state index contributed by atoms with van der Waals surface area (Å²) in [4.78, 5) is 0. The molecule has 2 rings (SSSR count). The maximum Gasteiger partial charge on any atom is 0.0320 e. The van der Waals surface area contributed by atoms with E-state index in [1.807, 2.05) is 64.1 Å². The van der Waals surface area contributed by atoms with E-state index in [0.717, 1.165) is 22.1 Å². The van der Waals surface area contributed by atoms with Crippen molar-refractivity contribution >= 4 is 22.1 Å². The van der Waals surface area contributed by atoms with E-state index in [0.29, 0.717) is 0 Å². The molecule has 0 aliphatic heterocycles. The third-order valence-electron chi connectivity index (χ3n) is 1.89. The lowest BCUT2D eigenvalue weighted by Gasteiger charge is -1.99. The molecule has 16 heavy (non-hydrogen) atoms. The van der Waals surface area contributed by atoms with Gasteiger partial charge in [-0.3, -0.25) is 0 Å². The number of nitrogen functional groups attached to an aromatic ring is 2. The van der Waals surface area contributed by atoms with E-state index in [9.17, 15) is 0 Å². The Hall–Kier alpha value is -1.70. The Morgan fingerprint density at radius 2 is 1.00 bits per heavy atom. The Labute approximate surface area is 101 Å². The van der Waals surface area contributed by atoms with Crippen molar-refractivity contribution in [1.29, 1.82) is 0 Å². The Kier molecular flexibility index (Phi) is 6.77. The molecule has 0 bridgehead atoms. The summed E-state index contributed by atoms with van der Waals surface area (Å²) < 4.78 is 0. The van der Waals surface area contributed by atoms with E-state index in [-0.39, 0.29) is 2.85 Å². The predicted octanol–water partition coefficient (Wildman–Crippen LogP) is 4.55. The average molecular weight is 222 g/mol. The van der Waals surface area contributed by atoms with E-state index in [1.165, 1.54) is 0 Å². The zero-order chi connectivity index (χ0) is 12.6. The summed E-state index contributed by atoms with van der Waals surface area (Å²) in [5.41, 5.74) is 12.8. The summed E-state index contributed by atoms with van der Waals surface area (Å²) in [6, 6.07) is 11.6. The zero-order valence-corrected chi connectivity index (χ0v) is 10.6. The Morgan fingerprint density at radius 1 is 0.688 bits per heavy atom. The van der Waals surface area contributed by atoms with E-state index in [1.54, 1.807) is 0 Å². The lowest BCUT2D eigenvalue weighted by atomic mass is 10.1. The van der Waals surface area contributed by atoms with Crippen molar-refractivity contribution in [2.24, 2.45) is 0 Å². The number of rotatable bonds is 0. The lowest BCUT2D eigenvalue weighted by molar-refractivity contribution is 1.50. The number of hydrogen-bond acceptors (Lipinski definition) is 2. The van der Waals surface area contributed by atoms with E-state index in [4.69, 9.17) is 11.5 Å². The third-order valence-corrected chi connectivity index (χ3v) is 1.89. The van der Waals surface area contributed by atoms with E-state index in [2.05, 4.69) is 0 Å². The summed E-state index contributed by atoms with van der Waals surface area (Å²) in [7, 11) is 0. The van der Waals surface area contributed by atoms with Crippen LogP contribution < -0.4 is 11.5 Å². The number of benzene rings is 2. The second kappa shape index (κ2) is 7.57. The van der Waals surface area contributed by atoms with Crippen LogP contribution in [-0.2, 0) is 0 Å². The molecule has 0 atom stereocenters. The van der Waals surface area contributed by atoms with Crippen LogP contribution in [0.25, 0.3) is 10.8 Å². The average Bonchev–Trinajstić information content (AvgIpc) is 2.35. The van der Waals surface area contributed by atoms with Crippen molar-refractivity contribution in [3.8, 4) is 0 Å². The maximum absolute atomic E-state index is 5.63. The Balaban J connectivity index is -0.000000344. The molecule has 0 saturated heterocycles. The highest BCUT2D eigenvalue weighted by Crippen LogP contribution is 2.19. The molecule has 0 radical (unpaired) electrons. The second-order valence-electron chi connectivity index (χ2n) is 2.87. The summed E-state index contributed by atoms with van der Waals surface area (Å²) in [6.07, 6.45) is 0. The molecular formula is C14H26N2. The van der Waals surface area contributed by atoms with E-state index < -0.39 is 0 Å². The minimum atomic E-state index is 0. The molecule has 2 aromatic carbocycles. The van der Waals surface area contributed by atoms with Gasteiger partial charge in [-0.15, -0.1) is 0 Å². The van der Waals surface area contributed by atoms with Gasteiger partial charge < -0.3 is 11.5 Å². The van der Waals surface area contributed by atoms with Crippen LogP contribution in [0.3, 0.4) is 0 Å². The predicted molar refractivity (Wildman–Crippen MR) is 79.7 cm³/mol. The molecule has 2 nitrogen and oxygen atoms in total. The van der Waals surface area contributed by atoms with Crippen LogP contribution in [0.1, 0.15) is 30.5 Å². The SMILES string of the molecule is CC.CC.Nc1ccc2cc(N)ccc2c1.[HH].[HH]. The molecule has 0 amide bonds. The van der Waals surface area contributed by atoms with Crippen LogP contribution in [0.15, 0.2) is 36.4 Å². The second-order valence-corrected chi connectivity index (χ2v) is 2.87. The quantitative estimate of drug-likeness (QED) is 0.642. The lowest BCUT2D eigenvalue weighted by Crippen LogP contribution is -1.86. The first kappa shape index (κ1) is 14.3. The van der Waals surface area contributed by atoms with Gasteiger partial charge in [0.1, 0.15) is 0 Å². The van der Waals surface area contributed by atoms with Gasteiger partial charge in [0.05, 0.1) is 0 Å². The highest BCUT2D eigenvalue weighted by molar-refractivity contribution is 5.87. The van der Waals surface area contributed by atoms with E-state index >= 15 is 0 Å². The maximum atomic E-state index is 5.63. The number of hydrogen-bond donors (Lipinski definition) is 2. The normalized spacial score (nSPS) is 8.50.